The van der Waals surface area contributed by atoms with Crippen molar-refractivity contribution < 1.29 is 4.74 Å². The zero-order valence-electron chi connectivity index (χ0n) is 12.8. The van der Waals surface area contributed by atoms with E-state index in [9.17, 15) is 5.26 Å². The van der Waals surface area contributed by atoms with Crippen LogP contribution in [0.2, 0.25) is 0 Å². The van der Waals surface area contributed by atoms with Crippen LogP contribution in [-0.4, -0.2) is 28.0 Å². The Labute approximate surface area is 138 Å². The number of hydrogen-bond acceptors (Lipinski definition) is 6. The molecule has 0 aliphatic heterocycles. The first-order chi connectivity index (χ1) is 11.3. The Bertz CT molecular complexity index is 867. The normalized spacial score (nSPS) is 10.5. The highest BCUT2D eigenvalue weighted by Gasteiger charge is 2.15. The van der Waals surface area contributed by atoms with Gasteiger partial charge in [-0.3, -0.25) is 0 Å². The van der Waals surface area contributed by atoms with E-state index in [4.69, 9.17) is 4.74 Å². The highest BCUT2D eigenvalue weighted by Crippen LogP contribution is 2.26. The van der Waals surface area contributed by atoms with Gasteiger partial charge in [-0.25, -0.2) is 4.98 Å². The molecule has 7 heteroatoms. The predicted molar refractivity (Wildman–Crippen MR) is 89.8 cm³/mol. The van der Waals surface area contributed by atoms with E-state index in [1.165, 1.54) is 11.8 Å². The number of rotatable bonds is 5. The molecule has 0 atom stereocenters. The van der Waals surface area contributed by atoms with Crippen LogP contribution in [0.1, 0.15) is 11.1 Å². The summed E-state index contributed by atoms with van der Waals surface area (Å²) in [6.07, 6.45) is 3.58. The average Bonchev–Trinajstić information content (AvgIpc) is 3.07. The van der Waals surface area contributed by atoms with Gasteiger partial charge in [0.2, 0.25) is 0 Å². The SMILES string of the molecule is COc1ccc(CNc2c(C#N)c(SC)nc3ccnn23)cc1. The topological polar surface area (TPSA) is 75.2 Å². The average molecular weight is 325 g/mol. The second-order valence-corrected chi connectivity index (χ2v) is 5.55. The minimum absolute atomic E-state index is 0.502. The molecule has 1 N–H and O–H groups in total. The van der Waals surface area contributed by atoms with Crippen molar-refractivity contribution in [1.82, 2.24) is 14.6 Å². The molecule has 2 aromatic heterocycles. The molecule has 0 unspecified atom stereocenters. The molecule has 0 radical (unpaired) electrons. The summed E-state index contributed by atoms with van der Waals surface area (Å²) in [7, 11) is 1.64. The number of nitrogens with zero attached hydrogens (tertiary/aromatic N) is 4. The molecule has 3 aromatic rings. The predicted octanol–water partition coefficient (Wildman–Crippen LogP) is 2.94. The second kappa shape index (κ2) is 6.58. The summed E-state index contributed by atoms with van der Waals surface area (Å²) in [4.78, 5) is 4.45. The molecule has 0 amide bonds. The largest absolute Gasteiger partial charge is 0.497 e. The van der Waals surface area contributed by atoms with Crippen molar-refractivity contribution in [2.75, 3.05) is 18.7 Å². The van der Waals surface area contributed by atoms with Crippen LogP contribution in [0.15, 0.2) is 41.6 Å². The van der Waals surface area contributed by atoms with E-state index in [1.807, 2.05) is 36.6 Å². The lowest BCUT2D eigenvalue weighted by molar-refractivity contribution is 0.414. The molecular formula is C16H15N5OS. The van der Waals surface area contributed by atoms with Gasteiger partial charge in [-0.2, -0.15) is 14.9 Å². The molecule has 23 heavy (non-hydrogen) atoms. The second-order valence-electron chi connectivity index (χ2n) is 4.76. The van der Waals surface area contributed by atoms with Gasteiger partial charge in [0.05, 0.1) is 13.3 Å². The van der Waals surface area contributed by atoms with Gasteiger partial charge >= 0.3 is 0 Å². The number of methoxy groups -OCH3 is 1. The van der Waals surface area contributed by atoms with E-state index in [0.29, 0.717) is 28.6 Å². The maximum Gasteiger partial charge on any atom is 0.158 e. The Morgan fingerprint density at radius 3 is 2.74 bits per heavy atom. The van der Waals surface area contributed by atoms with Crippen LogP contribution in [0.3, 0.4) is 0 Å². The Morgan fingerprint density at radius 2 is 2.09 bits per heavy atom. The van der Waals surface area contributed by atoms with E-state index in [0.717, 1.165) is 11.3 Å². The van der Waals surface area contributed by atoms with Gasteiger partial charge in [0.25, 0.3) is 0 Å². The number of ether oxygens (including phenoxy) is 1. The molecule has 3 rings (SSSR count). The number of fused-ring (bicyclic) bond motifs is 1. The molecule has 0 saturated carbocycles. The lowest BCUT2D eigenvalue weighted by Gasteiger charge is -2.12. The summed E-state index contributed by atoms with van der Waals surface area (Å²) in [5.41, 5.74) is 2.30. The molecule has 6 nitrogen and oxygen atoms in total. The first kappa shape index (κ1) is 15.2. The number of anilines is 1. The summed E-state index contributed by atoms with van der Waals surface area (Å²) in [5, 5.41) is 17.7. The van der Waals surface area contributed by atoms with Crippen molar-refractivity contribution in [2.45, 2.75) is 11.6 Å². The first-order valence-electron chi connectivity index (χ1n) is 6.95. The number of aromatic nitrogens is 3. The van der Waals surface area contributed by atoms with E-state index in [1.54, 1.807) is 17.8 Å². The van der Waals surface area contributed by atoms with Crippen molar-refractivity contribution in [2.24, 2.45) is 0 Å². The van der Waals surface area contributed by atoms with E-state index in [-0.39, 0.29) is 0 Å². The number of nitrogens with one attached hydrogen (secondary N) is 1. The zero-order valence-corrected chi connectivity index (χ0v) is 13.6. The standard InChI is InChI=1S/C16H15N5OS/c1-22-12-5-3-11(4-6-12)10-18-15-13(9-17)16(23-2)20-14-7-8-19-21(14)15/h3-8,18H,10H2,1-2H3. The molecule has 0 spiro atoms. The van der Waals surface area contributed by atoms with E-state index >= 15 is 0 Å². The number of nitriles is 1. The Morgan fingerprint density at radius 1 is 1.30 bits per heavy atom. The van der Waals surface area contributed by atoms with Gasteiger partial charge in [0, 0.05) is 12.6 Å². The third-order valence-electron chi connectivity index (χ3n) is 3.43. The monoisotopic (exact) mass is 325 g/mol. The van der Waals surface area contributed by atoms with E-state index < -0.39 is 0 Å². The van der Waals surface area contributed by atoms with Crippen LogP contribution in [0.4, 0.5) is 5.82 Å². The molecular weight excluding hydrogens is 310 g/mol. The molecule has 0 fully saturated rings. The summed E-state index contributed by atoms with van der Waals surface area (Å²) in [5.74, 6) is 1.47. The van der Waals surface area contributed by atoms with Crippen LogP contribution < -0.4 is 10.1 Å². The van der Waals surface area contributed by atoms with Gasteiger partial charge in [-0.1, -0.05) is 12.1 Å². The third kappa shape index (κ3) is 2.94. The Balaban J connectivity index is 1.94. The van der Waals surface area contributed by atoms with Crippen molar-refractivity contribution in [3.8, 4) is 11.8 Å². The lowest BCUT2D eigenvalue weighted by atomic mass is 10.2. The first-order valence-corrected chi connectivity index (χ1v) is 8.18. The molecule has 1 aromatic carbocycles. The lowest BCUT2D eigenvalue weighted by Crippen LogP contribution is -2.09. The minimum Gasteiger partial charge on any atom is -0.497 e. The van der Waals surface area contributed by atoms with Crippen LogP contribution in [0, 0.1) is 11.3 Å². The number of hydrogen-bond donors (Lipinski definition) is 1. The third-order valence-corrected chi connectivity index (χ3v) is 4.11. The van der Waals surface area contributed by atoms with Crippen LogP contribution in [0.5, 0.6) is 5.75 Å². The Kier molecular flexibility index (Phi) is 4.35. The molecule has 116 valence electrons. The van der Waals surface area contributed by atoms with Crippen molar-refractivity contribution in [3.05, 3.63) is 47.7 Å². The van der Waals surface area contributed by atoms with Crippen LogP contribution >= 0.6 is 11.8 Å². The molecule has 0 saturated heterocycles. The number of benzene rings is 1. The minimum atomic E-state index is 0.502. The Hall–Kier alpha value is -2.72. The van der Waals surface area contributed by atoms with Gasteiger partial charge in [-0.15, -0.1) is 11.8 Å². The highest BCUT2D eigenvalue weighted by molar-refractivity contribution is 7.98. The fraction of sp³-hybridized carbons (Fsp3) is 0.188. The van der Waals surface area contributed by atoms with Gasteiger partial charge in [-0.05, 0) is 24.0 Å². The molecule has 0 aliphatic carbocycles. The summed E-state index contributed by atoms with van der Waals surface area (Å²) in [6.45, 7) is 0.575. The maximum atomic E-state index is 9.49. The fourth-order valence-electron chi connectivity index (χ4n) is 2.26. The fourth-order valence-corrected chi connectivity index (χ4v) is 2.79. The number of thioether (sulfide) groups is 1. The highest BCUT2D eigenvalue weighted by atomic mass is 32.2. The maximum absolute atomic E-state index is 9.49. The van der Waals surface area contributed by atoms with Crippen molar-refractivity contribution in [3.63, 3.8) is 0 Å². The molecule has 0 bridgehead atoms. The van der Waals surface area contributed by atoms with Gasteiger partial charge < -0.3 is 10.1 Å². The van der Waals surface area contributed by atoms with E-state index in [2.05, 4.69) is 21.5 Å². The summed E-state index contributed by atoms with van der Waals surface area (Å²) in [6, 6.07) is 11.8. The molecule has 0 aliphatic rings. The zero-order chi connectivity index (χ0) is 16.2. The van der Waals surface area contributed by atoms with Crippen LogP contribution in [-0.2, 0) is 6.54 Å². The quantitative estimate of drug-likeness (QED) is 0.574. The van der Waals surface area contributed by atoms with Gasteiger partial charge in [0.1, 0.15) is 22.4 Å². The summed E-state index contributed by atoms with van der Waals surface area (Å²) >= 11 is 1.45. The van der Waals surface area contributed by atoms with Gasteiger partial charge in [0.15, 0.2) is 11.5 Å². The van der Waals surface area contributed by atoms with Crippen LogP contribution in [0.25, 0.3) is 5.65 Å². The molecule has 2 heterocycles. The van der Waals surface area contributed by atoms with Crippen molar-refractivity contribution in [1.29, 1.82) is 5.26 Å². The smallest absolute Gasteiger partial charge is 0.158 e. The summed E-state index contributed by atoms with van der Waals surface area (Å²) < 4.78 is 6.81. The van der Waals surface area contributed by atoms with Crippen molar-refractivity contribution >= 4 is 23.2 Å².